The van der Waals surface area contributed by atoms with Crippen LogP contribution in [0, 0.1) is 41.4 Å². The Hall–Kier alpha value is -0.0900. The average Bonchev–Trinajstić information content (AvgIpc) is 3.15. The Balaban J connectivity index is 1.68. The number of hydrogen-bond acceptors (Lipinski definition) is 1. The van der Waals surface area contributed by atoms with E-state index in [-0.39, 0.29) is 6.10 Å². The predicted molar refractivity (Wildman–Crippen MR) is 81.0 cm³/mol. The smallest absolute Gasteiger partial charge is 0.0614 e. The van der Waals surface area contributed by atoms with Crippen LogP contribution in [-0.4, -0.2) is 15.1 Å². The minimum atomic E-state index is 0.00923. The lowest BCUT2D eigenvalue weighted by atomic mass is 9.61. The van der Waals surface area contributed by atoms with Crippen molar-refractivity contribution in [2.45, 2.75) is 21.9 Å². The Kier molecular flexibility index (Phi) is 1.63. The van der Waals surface area contributed by atoms with Gasteiger partial charge in [-0.3, -0.25) is 0 Å². The van der Waals surface area contributed by atoms with E-state index in [4.69, 9.17) is 0 Å². The molecule has 0 unspecified atom stereocenters. The molecule has 19 heavy (non-hydrogen) atoms. The van der Waals surface area contributed by atoms with E-state index in [0.29, 0.717) is 17.3 Å². The van der Waals surface area contributed by atoms with Crippen molar-refractivity contribution in [1.29, 1.82) is 0 Å². The average molecular weight is 364 g/mol. The molecule has 98 valence electrons. The second kappa shape index (κ2) is 2.92. The number of aliphatic hydroxyl groups excluding tert-OH is 1. The van der Waals surface area contributed by atoms with Gasteiger partial charge in [0.15, 0.2) is 0 Å². The fourth-order valence-electron chi connectivity index (χ4n) is 7.85. The molecule has 1 N–H and O–H groups in total. The molecule has 0 saturated heterocycles. The first-order valence-electron chi connectivity index (χ1n) is 7.65. The fourth-order valence-corrected chi connectivity index (χ4v) is 10.1. The molecule has 7 rings (SSSR count). The molecule has 6 aliphatic rings. The quantitative estimate of drug-likeness (QED) is 0.600. The van der Waals surface area contributed by atoms with Crippen LogP contribution in [0.15, 0.2) is 30.3 Å². The summed E-state index contributed by atoms with van der Waals surface area (Å²) in [4.78, 5) is 0. The monoisotopic (exact) mass is 364 g/mol. The number of halogens is 1. The first kappa shape index (κ1) is 10.6. The van der Waals surface area contributed by atoms with E-state index in [1.807, 2.05) is 0 Å². The van der Waals surface area contributed by atoms with Gasteiger partial charge in [0.2, 0.25) is 0 Å². The van der Waals surface area contributed by atoms with E-state index in [1.54, 1.807) is 5.56 Å². The molecule has 1 aromatic rings. The summed E-state index contributed by atoms with van der Waals surface area (Å²) in [6.07, 6.45) is 1.45. The highest BCUT2D eigenvalue weighted by molar-refractivity contribution is 14.1. The Morgan fingerprint density at radius 3 is 2.58 bits per heavy atom. The zero-order valence-corrected chi connectivity index (χ0v) is 12.8. The highest BCUT2D eigenvalue weighted by Crippen LogP contribution is 2.88. The van der Waals surface area contributed by atoms with Crippen LogP contribution in [0.3, 0.4) is 0 Å². The molecule has 1 aromatic carbocycles. The summed E-state index contributed by atoms with van der Waals surface area (Å²) in [7, 11) is 0. The van der Waals surface area contributed by atoms with E-state index in [0.717, 1.165) is 33.5 Å². The maximum absolute atomic E-state index is 10.8. The van der Waals surface area contributed by atoms with Crippen LogP contribution < -0.4 is 0 Å². The summed E-state index contributed by atoms with van der Waals surface area (Å²) in [6.45, 7) is 0. The molecule has 6 saturated carbocycles. The predicted octanol–water partition coefficient (Wildman–Crippen LogP) is 2.86. The van der Waals surface area contributed by atoms with Crippen molar-refractivity contribution < 1.29 is 5.11 Å². The van der Waals surface area contributed by atoms with E-state index < -0.39 is 0 Å². The number of hydrogen-bond donors (Lipinski definition) is 1. The molecule has 10 atom stereocenters. The summed E-state index contributed by atoms with van der Waals surface area (Å²) in [5, 5.41) is 10.8. The lowest BCUT2D eigenvalue weighted by Gasteiger charge is -2.43. The normalized spacial score (nSPS) is 65.9. The van der Waals surface area contributed by atoms with Gasteiger partial charge in [-0.25, -0.2) is 0 Å². The number of aliphatic hydroxyl groups is 1. The van der Waals surface area contributed by atoms with E-state index >= 15 is 0 Å². The lowest BCUT2D eigenvalue weighted by molar-refractivity contribution is 0.103. The van der Waals surface area contributed by atoms with Crippen molar-refractivity contribution in [3.8, 4) is 0 Å². The molecule has 6 bridgehead atoms. The second-order valence-corrected chi connectivity index (χ2v) is 8.88. The molecule has 0 radical (unpaired) electrons. The van der Waals surface area contributed by atoms with Crippen LogP contribution in [0.4, 0.5) is 0 Å². The molecule has 0 spiro atoms. The van der Waals surface area contributed by atoms with Crippen LogP contribution in [0.5, 0.6) is 0 Å². The first-order valence-corrected chi connectivity index (χ1v) is 8.90. The minimum absolute atomic E-state index is 0.00923. The molecule has 0 aliphatic heterocycles. The molecular formula is C17H17IO. The molecule has 0 aromatic heterocycles. The molecule has 2 heteroatoms. The van der Waals surface area contributed by atoms with E-state index in [2.05, 4.69) is 52.9 Å². The number of rotatable bonds is 1. The van der Waals surface area contributed by atoms with Crippen molar-refractivity contribution in [3.63, 3.8) is 0 Å². The highest BCUT2D eigenvalue weighted by atomic mass is 127. The lowest BCUT2D eigenvalue weighted by Crippen LogP contribution is -2.43. The van der Waals surface area contributed by atoms with Crippen molar-refractivity contribution in [1.82, 2.24) is 0 Å². The fraction of sp³-hybridized carbons (Fsp3) is 0.647. The van der Waals surface area contributed by atoms with Gasteiger partial charge < -0.3 is 5.11 Å². The summed E-state index contributed by atoms with van der Waals surface area (Å²) in [5.74, 6) is 5.65. The number of alkyl halides is 1. The Bertz CT molecular complexity index is 582. The van der Waals surface area contributed by atoms with Gasteiger partial charge in [-0.1, -0.05) is 52.9 Å². The van der Waals surface area contributed by atoms with Crippen molar-refractivity contribution in [3.05, 3.63) is 35.9 Å². The van der Waals surface area contributed by atoms with Gasteiger partial charge in [0, 0.05) is 9.34 Å². The first-order chi connectivity index (χ1) is 9.28. The maximum atomic E-state index is 10.8. The van der Waals surface area contributed by atoms with Crippen LogP contribution in [0.2, 0.25) is 0 Å². The van der Waals surface area contributed by atoms with Gasteiger partial charge in [-0.2, -0.15) is 0 Å². The third kappa shape index (κ3) is 0.787. The molecule has 1 nitrogen and oxygen atoms in total. The Morgan fingerprint density at radius 1 is 1.00 bits per heavy atom. The Labute approximate surface area is 126 Å². The minimum Gasteiger partial charge on any atom is -0.392 e. The van der Waals surface area contributed by atoms with E-state index in [1.165, 1.54) is 6.42 Å². The SMILES string of the molecule is O[C@@H]1[C@H]2[C@H]3C[C@H]4[C@H]5[C@@H]3[C@H]1[C@](c1ccccc1)([C@@H]42)[C@H]5I. The van der Waals surface area contributed by atoms with E-state index in [9.17, 15) is 5.11 Å². The van der Waals surface area contributed by atoms with Crippen LogP contribution >= 0.6 is 22.6 Å². The van der Waals surface area contributed by atoms with Crippen molar-refractivity contribution in [2.24, 2.45) is 41.4 Å². The molecular weight excluding hydrogens is 347 g/mol. The molecule has 0 heterocycles. The third-order valence-corrected chi connectivity index (χ3v) is 9.56. The maximum Gasteiger partial charge on any atom is 0.0614 e. The van der Waals surface area contributed by atoms with Gasteiger partial charge in [-0.05, 0) is 53.4 Å². The Morgan fingerprint density at radius 2 is 1.79 bits per heavy atom. The van der Waals surface area contributed by atoms with Crippen LogP contribution in [0.25, 0.3) is 0 Å². The van der Waals surface area contributed by atoms with Crippen molar-refractivity contribution in [2.75, 3.05) is 0 Å². The molecule has 6 fully saturated rings. The van der Waals surface area contributed by atoms with Gasteiger partial charge in [-0.15, -0.1) is 0 Å². The van der Waals surface area contributed by atoms with Gasteiger partial charge in [0.25, 0.3) is 0 Å². The topological polar surface area (TPSA) is 20.2 Å². The highest BCUT2D eigenvalue weighted by Gasteiger charge is 2.88. The summed E-state index contributed by atoms with van der Waals surface area (Å²) >= 11 is 2.76. The number of benzene rings is 1. The van der Waals surface area contributed by atoms with Gasteiger partial charge in [0.05, 0.1) is 6.10 Å². The largest absolute Gasteiger partial charge is 0.392 e. The summed E-state index contributed by atoms with van der Waals surface area (Å²) < 4.78 is 0.768. The second-order valence-electron chi connectivity index (χ2n) is 7.54. The van der Waals surface area contributed by atoms with Crippen molar-refractivity contribution >= 4 is 22.6 Å². The standard InChI is InChI=1S/C17H17IO/c18-16-11-9-6-8-10(11)14-15(19)12(8)13(9)17(14,16)7-4-2-1-3-5-7/h1-5,8-16,19H,6H2/t8-,9-,10+,11-,12-,13-,14+,15+,16-,17-/m0/s1. The zero-order chi connectivity index (χ0) is 12.5. The van der Waals surface area contributed by atoms with Crippen LogP contribution in [-0.2, 0) is 5.41 Å². The zero-order valence-electron chi connectivity index (χ0n) is 10.6. The summed E-state index contributed by atoms with van der Waals surface area (Å²) in [5.41, 5.74) is 1.88. The molecule has 6 aliphatic carbocycles. The van der Waals surface area contributed by atoms with Gasteiger partial charge in [0.1, 0.15) is 0 Å². The summed E-state index contributed by atoms with van der Waals surface area (Å²) in [6, 6.07) is 11.2. The molecule has 0 amide bonds. The third-order valence-electron chi connectivity index (χ3n) is 7.70. The van der Waals surface area contributed by atoms with Crippen LogP contribution in [0.1, 0.15) is 12.0 Å². The van der Waals surface area contributed by atoms with Gasteiger partial charge >= 0.3 is 0 Å².